The van der Waals surface area contributed by atoms with Gasteiger partial charge < -0.3 is 9.99 Å². The minimum absolute atomic E-state index is 0.220. The normalized spacial score (nSPS) is 15.5. The molecule has 1 unspecified atom stereocenters. The molecule has 192 valence electrons. The van der Waals surface area contributed by atoms with Crippen molar-refractivity contribution in [1.29, 1.82) is 0 Å². The highest BCUT2D eigenvalue weighted by Crippen LogP contribution is 2.38. The van der Waals surface area contributed by atoms with Crippen molar-refractivity contribution in [3.8, 4) is 0 Å². The van der Waals surface area contributed by atoms with Gasteiger partial charge in [-0.05, 0) is 71.8 Å². The molecule has 0 saturated carbocycles. The zero-order valence-corrected chi connectivity index (χ0v) is 21.9. The lowest BCUT2D eigenvalue weighted by molar-refractivity contribution is 0.205. The smallest absolute Gasteiger partial charge is 0.123 e. The van der Waals surface area contributed by atoms with Gasteiger partial charge in [0.25, 0.3) is 0 Å². The number of hydrogen-bond donors (Lipinski definition) is 1. The molecule has 2 heterocycles. The number of nitrogens with one attached hydrogen (secondary N) is 1. The van der Waals surface area contributed by atoms with Crippen molar-refractivity contribution in [3.63, 3.8) is 0 Å². The van der Waals surface area contributed by atoms with E-state index in [0.29, 0.717) is 18.4 Å². The molecule has 1 aliphatic heterocycles. The van der Waals surface area contributed by atoms with Gasteiger partial charge in [-0.2, -0.15) is 0 Å². The van der Waals surface area contributed by atoms with E-state index in [9.17, 15) is 4.39 Å². The van der Waals surface area contributed by atoms with Crippen molar-refractivity contribution in [2.75, 3.05) is 18.5 Å². The van der Waals surface area contributed by atoms with Gasteiger partial charge in [-0.25, -0.2) is 14.4 Å². The summed E-state index contributed by atoms with van der Waals surface area (Å²) in [5.74, 6) is 0.672. The van der Waals surface area contributed by atoms with E-state index in [4.69, 9.17) is 16.6 Å². The van der Waals surface area contributed by atoms with E-state index >= 15 is 0 Å². The summed E-state index contributed by atoms with van der Waals surface area (Å²) >= 11 is 6.20. The predicted octanol–water partition coefficient (Wildman–Crippen LogP) is 7.75. The Bertz CT molecular complexity index is 1490. The molecule has 0 bridgehead atoms. The first kappa shape index (κ1) is 24.7. The highest BCUT2D eigenvalue weighted by atomic mass is 35.5. The van der Waals surface area contributed by atoms with E-state index in [1.165, 1.54) is 23.3 Å². The van der Waals surface area contributed by atoms with Gasteiger partial charge in [0.1, 0.15) is 11.3 Å². The lowest BCUT2D eigenvalue weighted by atomic mass is 9.76. The third-order valence-corrected chi connectivity index (χ3v) is 7.85. The maximum Gasteiger partial charge on any atom is 0.123 e. The van der Waals surface area contributed by atoms with Gasteiger partial charge in [0.2, 0.25) is 0 Å². The highest BCUT2D eigenvalue weighted by Gasteiger charge is 2.29. The van der Waals surface area contributed by atoms with E-state index in [1.54, 1.807) is 0 Å². The summed E-state index contributed by atoms with van der Waals surface area (Å²) in [6.45, 7) is 2.56. The van der Waals surface area contributed by atoms with Crippen LogP contribution in [0, 0.1) is 11.7 Å². The first-order valence-corrected chi connectivity index (χ1v) is 13.5. The first-order chi connectivity index (χ1) is 18.6. The standard InChI is InChI=1S/C32H30ClFN4/c33-27-13-11-25(12-14-27)31(24-5-2-1-3-6-24)26-17-19-38(20-18-26)36-29-7-4-8-30-32(29)35-22-37(30)21-23-9-15-28(34)16-10-23/h1-16,22,26,31,36H,17-21H2. The summed E-state index contributed by atoms with van der Waals surface area (Å²) in [5, 5.41) is 3.09. The number of benzene rings is 4. The van der Waals surface area contributed by atoms with Gasteiger partial charge in [-0.1, -0.05) is 72.3 Å². The maximum absolute atomic E-state index is 13.3. The molecular formula is C32H30ClFN4. The Balaban J connectivity index is 1.16. The van der Waals surface area contributed by atoms with Crippen molar-refractivity contribution in [3.05, 3.63) is 131 Å². The minimum atomic E-state index is -0.220. The van der Waals surface area contributed by atoms with Gasteiger partial charge >= 0.3 is 0 Å². The third-order valence-electron chi connectivity index (χ3n) is 7.59. The number of nitrogens with zero attached hydrogens (tertiary/aromatic N) is 3. The molecular weight excluding hydrogens is 495 g/mol. The van der Waals surface area contributed by atoms with E-state index < -0.39 is 0 Å². The van der Waals surface area contributed by atoms with Crippen LogP contribution in [0.15, 0.2) is 103 Å². The first-order valence-electron chi connectivity index (χ1n) is 13.1. The Kier molecular flexibility index (Phi) is 7.12. The van der Waals surface area contributed by atoms with Crippen molar-refractivity contribution in [2.24, 2.45) is 5.92 Å². The van der Waals surface area contributed by atoms with Crippen LogP contribution in [0.5, 0.6) is 0 Å². The molecule has 1 aromatic heterocycles. The molecule has 0 radical (unpaired) electrons. The number of para-hydroxylation sites is 1. The fourth-order valence-corrected chi connectivity index (χ4v) is 5.80. The molecule has 0 aliphatic carbocycles. The van der Waals surface area contributed by atoms with Gasteiger partial charge in [-0.3, -0.25) is 0 Å². The van der Waals surface area contributed by atoms with Crippen LogP contribution in [0.3, 0.4) is 0 Å². The quantitative estimate of drug-likeness (QED) is 0.236. The van der Waals surface area contributed by atoms with Crippen LogP contribution in [0.4, 0.5) is 10.1 Å². The Labute approximate surface area is 227 Å². The van der Waals surface area contributed by atoms with E-state index in [1.807, 2.05) is 30.6 Å². The van der Waals surface area contributed by atoms with E-state index in [0.717, 1.165) is 53.2 Å². The summed E-state index contributed by atoms with van der Waals surface area (Å²) in [6, 6.07) is 32.0. The Morgan fingerprint density at radius 1 is 0.842 bits per heavy atom. The summed E-state index contributed by atoms with van der Waals surface area (Å²) < 4.78 is 15.4. The molecule has 1 saturated heterocycles. The van der Waals surface area contributed by atoms with Crippen molar-refractivity contribution >= 4 is 28.3 Å². The number of rotatable bonds is 7. The van der Waals surface area contributed by atoms with E-state index in [-0.39, 0.29) is 5.82 Å². The fourth-order valence-electron chi connectivity index (χ4n) is 5.67. The van der Waals surface area contributed by atoms with Crippen molar-refractivity contribution in [2.45, 2.75) is 25.3 Å². The summed E-state index contributed by atoms with van der Waals surface area (Å²) in [5.41, 5.74) is 10.4. The Morgan fingerprint density at radius 3 is 2.29 bits per heavy atom. The number of halogens is 2. The number of piperidine rings is 1. The van der Waals surface area contributed by atoms with Crippen LogP contribution in [-0.4, -0.2) is 27.6 Å². The Morgan fingerprint density at radius 2 is 1.55 bits per heavy atom. The molecule has 1 aliphatic rings. The fraction of sp³-hybridized carbons (Fsp3) is 0.219. The number of imidazole rings is 1. The molecule has 38 heavy (non-hydrogen) atoms. The molecule has 1 N–H and O–H groups in total. The molecule has 1 atom stereocenters. The van der Waals surface area contributed by atoms with Crippen molar-refractivity contribution < 1.29 is 4.39 Å². The summed E-state index contributed by atoms with van der Waals surface area (Å²) in [7, 11) is 0. The second-order valence-electron chi connectivity index (χ2n) is 10.0. The zero-order chi connectivity index (χ0) is 25.9. The second kappa shape index (κ2) is 11.0. The lowest BCUT2D eigenvalue weighted by Gasteiger charge is -2.37. The Hall–Kier alpha value is -3.67. The molecule has 6 heteroatoms. The topological polar surface area (TPSA) is 33.1 Å². The van der Waals surface area contributed by atoms with Crippen LogP contribution in [0.2, 0.25) is 5.02 Å². The van der Waals surface area contributed by atoms with Crippen LogP contribution >= 0.6 is 11.6 Å². The summed E-state index contributed by atoms with van der Waals surface area (Å²) in [4.78, 5) is 4.72. The van der Waals surface area contributed by atoms with Crippen LogP contribution in [0.25, 0.3) is 11.0 Å². The van der Waals surface area contributed by atoms with Crippen LogP contribution < -0.4 is 5.43 Å². The largest absolute Gasteiger partial charge is 0.326 e. The number of fused-ring (bicyclic) bond motifs is 1. The van der Waals surface area contributed by atoms with Crippen molar-refractivity contribution in [1.82, 2.24) is 14.6 Å². The number of hydrazine groups is 1. The molecule has 4 aromatic carbocycles. The molecule has 0 amide bonds. The average molecular weight is 525 g/mol. The number of anilines is 1. The molecule has 4 nitrogen and oxygen atoms in total. The summed E-state index contributed by atoms with van der Waals surface area (Å²) in [6.07, 6.45) is 4.04. The number of hydrogen-bond acceptors (Lipinski definition) is 3. The van der Waals surface area contributed by atoms with Gasteiger partial charge in [0.05, 0.1) is 17.5 Å². The highest BCUT2D eigenvalue weighted by molar-refractivity contribution is 6.30. The minimum Gasteiger partial charge on any atom is -0.326 e. The van der Waals surface area contributed by atoms with Gasteiger partial charge in [-0.15, -0.1) is 0 Å². The SMILES string of the molecule is Fc1ccc(Cn2cnc3c(NN4CCC(C(c5ccccc5)c5ccc(Cl)cc5)CC4)cccc32)cc1. The molecule has 6 rings (SSSR count). The third kappa shape index (κ3) is 5.31. The monoisotopic (exact) mass is 524 g/mol. The van der Waals surface area contributed by atoms with Gasteiger partial charge in [0, 0.05) is 30.6 Å². The number of aromatic nitrogens is 2. The van der Waals surface area contributed by atoms with E-state index in [2.05, 4.69) is 75.7 Å². The molecule has 0 spiro atoms. The van der Waals surface area contributed by atoms with Crippen LogP contribution in [0.1, 0.15) is 35.4 Å². The predicted molar refractivity (Wildman–Crippen MR) is 153 cm³/mol. The van der Waals surface area contributed by atoms with Gasteiger partial charge in [0.15, 0.2) is 0 Å². The molecule has 1 fully saturated rings. The van der Waals surface area contributed by atoms with Crippen LogP contribution in [-0.2, 0) is 6.54 Å². The molecule has 5 aromatic rings. The second-order valence-corrected chi connectivity index (χ2v) is 10.5. The average Bonchev–Trinajstić information content (AvgIpc) is 3.36. The zero-order valence-electron chi connectivity index (χ0n) is 21.1. The lowest BCUT2D eigenvalue weighted by Crippen LogP contribution is -2.39. The maximum atomic E-state index is 13.3.